The summed E-state index contributed by atoms with van der Waals surface area (Å²) in [5, 5.41) is 0. The Kier molecular flexibility index (Phi) is 5.97. The molecule has 0 unspecified atom stereocenters. The van der Waals surface area contributed by atoms with Gasteiger partial charge in [0.1, 0.15) is 5.71 Å². The summed E-state index contributed by atoms with van der Waals surface area (Å²) in [7, 11) is 1.36. The molecular formula is C9H15NO2. The van der Waals surface area contributed by atoms with E-state index in [4.69, 9.17) is 0 Å². The first kappa shape index (κ1) is 10.9. The molecule has 3 heteroatoms. The molecule has 0 saturated heterocycles. The van der Waals surface area contributed by atoms with Crippen LogP contribution < -0.4 is 0 Å². The van der Waals surface area contributed by atoms with E-state index in [1.54, 1.807) is 6.08 Å². The fourth-order valence-electron chi connectivity index (χ4n) is 0.729. The lowest BCUT2D eigenvalue weighted by Gasteiger charge is -1.99. The second-order valence-electron chi connectivity index (χ2n) is 2.25. The molecule has 3 nitrogen and oxygen atoms in total. The van der Waals surface area contributed by atoms with Crippen LogP contribution in [-0.4, -0.2) is 25.3 Å². The van der Waals surface area contributed by atoms with Crippen molar-refractivity contribution < 1.29 is 9.53 Å². The van der Waals surface area contributed by atoms with E-state index in [9.17, 15) is 4.79 Å². The first-order valence-corrected chi connectivity index (χ1v) is 3.98. The Morgan fingerprint density at radius 1 is 1.67 bits per heavy atom. The minimum atomic E-state index is -0.332. The highest BCUT2D eigenvalue weighted by Gasteiger charge is 2.06. The zero-order chi connectivity index (χ0) is 9.40. The number of esters is 1. The fraction of sp³-hybridized carbons (Fsp3) is 0.556. The minimum absolute atomic E-state index is 0.332. The van der Waals surface area contributed by atoms with Crippen LogP contribution in [0.2, 0.25) is 0 Å². The molecule has 0 atom stereocenters. The van der Waals surface area contributed by atoms with Gasteiger partial charge < -0.3 is 4.74 Å². The van der Waals surface area contributed by atoms with Crippen molar-refractivity contribution in [3.63, 3.8) is 0 Å². The van der Waals surface area contributed by atoms with E-state index in [0.29, 0.717) is 18.7 Å². The summed E-state index contributed by atoms with van der Waals surface area (Å²) < 4.78 is 4.54. The molecule has 0 heterocycles. The maximum absolute atomic E-state index is 11.0. The topological polar surface area (TPSA) is 38.7 Å². The van der Waals surface area contributed by atoms with Crippen molar-refractivity contribution in [3.05, 3.63) is 12.7 Å². The number of hydrogen-bond donors (Lipinski definition) is 0. The predicted octanol–water partition coefficient (Wildman–Crippen LogP) is 1.59. The maximum atomic E-state index is 11.0. The van der Waals surface area contributed by atoms with Gasteiger partial charge in [-0.3, -0.25) is 4.99 Å². The van der Waals surface area contributed by atoms with E-state index in [0.717, 1.165) is 6.42 Å². The van der Waals surface area contributed by atoms with E-state index < -0.39 is 0 Å². The molecule has 0 amide bonds. The van der Waals surface area contributed by atoms with Crippen LogP contribution in [0.4, 0.5) is 0 Å². The van der Waals surface area contributed by atoms with Crippen LogP contribution >= 0.6 is 0 Å². The van der Waals surface area contributed by atoms with Crippen LogP contribution in [0.15, 0.2) is 17.6 Å². The van der Waals surface area contributed by atoms with Crippen molar-refractivity contribution in [2.24, 2.45) is 4.99 Å². The fourth-order valence-corrected chi connectivity index (χ4v) is 0.729. The van der Waals surface area contributed by atoms with Crippen molar-refractivity contribution in [1.82, 2.24) is 0 Å². The van der Waals surface area contributed by atoms with Gasteiger partial charge in [0, 0.05) is 6.54 Å². The molecule has 0 N–H and O–H groups in total. The molecule has 0 bridgehead atoms. The minimum Gasteiger partial charge on any atom is -0.465 e. The smallest absolute Gasteiger partial charge is 0.351 e. The summed E-state index contributed by atoms with van der Waals surface area (Å²) in [6.07, 6.45) is 3.18. The monoisotopic (exact) mass is 169 g/mol. The molecular weight excluding hydrogens is 154 g/mol. The molecule has 0 aromatic carbocycles. The average Bonchev–Trinajstić information content (AvgIpc) is 2.11. The van der Waals surface area contributed by atoms with E-state index in [1.807, 2.05) is 6.92 Å². The highest BCUT2D eigenvalue weighted by atomic mass is 16.5. The Morgan fingerprint density at radius 3 is 2.75 bits per heavy atom. The largest absolute Gasteiger partial charge is 0.465 e. The second-order valence-corrected chi connectivity index (χ2v) is 2.25. The van der Waals surface area contributed by atoms with Gasteiger partial charge in [0.2, 0.25) is 0 Å². The lowest BCUT2D eigenvalue weighted by atomic mass is 10.3. The molecule has 0 fully saturated rings. The summed E-state index contributed by atoms with van der Waals surface area (Å²) in [6, 6.07) is 0. The zero-order valence-corrected chi connectivity index (χ0v) is 7.67. The molecule has 0 aliphatic rings. The van der Waals surface area contributed by atoms with E-state index >= 15 is 0 Å². The Balaban J connectivity index is 4.03. The van der Waals surface area contributed by atoms with Gasteiger partial charge in [-0.2, -0.15) is 0 Å². The van der Waals surface area contributed by atoms with E-state index in [1.165, 1.54) is 7.11 Å². The lowest BCUT2D eigenvalue weighted by molar-refractivity contribution is -0.132. The molecule has 0 rings (SSSR count). The van der Waals surface area contributed by atoms with Crippen molar-refractivity contribution >= 4 is 11.7 Å². The van der Waals surface area contributed by atoms with Crippen molar-refractivity contribution in [2.75, 3.05) is 13.7 Å². The Labute approximate surface area is 73.1 Å². The molecule has 68 valence electrons. The summed E-state index contributed by atoms with van der Waals surface area (Å²) in [4.78, 5) is 15.0. The normalized spacial score (nSPS) is 11.0. The summed E-state index contributed by atoms with van der Waals surface area (Å²) in [5.74, 6) is -0.332. The third kappa shape index (κ3) is 3.91. The number of rotatable bonds is 5. The second kappa shape index (κ2) is 6.58. The first-order valence-electron chi connectivity index (χ1n) is 3.98. The van der Waals surface area contributed by atoms with Crippen LogP contribution in [0.5, 0.6) is 0 Å². The number of carbonyl (C=O) groups is 1. The molecule has 0 spiro atoms. The first-order chi connectivity index (χ1) is 5.76. The molecule has 0 aromatic heterocycles. The summed E-state index contributed by atoms with van der Waals surface area (Å²) in [5.41, 5.74) is 0.499. The Hall–Kier alpha value is -1.12. The number of hydrogen-bond acceptors (Lipinski definition) is 3. The van der Waals surface area contributed by atoms with Crippen molar-refractivity contribution in [3.8, 4) is 0 Å². The molecule has 0 radical (unpaired) electrons. The molecule has 12 heavy (non-hydrogen) atoms. The lowest BCUT2D eigenvalue weighted by Crippen LogP contribution is -2.15. The Bertz CT molecular complexity index is 185. The average molecular weight is 169 g/mol. The van der Waals surface area contributed by atoms with Gasteiger partial charge >= 0.3 is 5.97 Å². The zero-order valence-electron chi connectivity index (χ0n) is 7.67. The number of aliphatic imine (C=N–C) groups is 1. The van der Waals surface area contributed by atoms with Gasteiger partial charge in [-0.1, -0.05) is 13.0 Å². The third-order valence-electron chi connectivity index (χ3n) is 1.39. The predicted molar refractivity (Wildman–Crippen MR) is 49.4 cm³/mol. The van der Waals surface area contributed by atoms with Crippen LogP contribution in [0.1, 0.15) is 19.8 Å². The standard InChI is InChI=1S/C9H15NO2/c1-4-6-7-10-8(5-2)9(11)12-3/h4H,1,5-7H2,2-3H3. The quantitative estimate of drug-likeness (QED) is 0.271. The van der Waals surface area contributed by atoms with Crippen LogP contribution in [0.3, 0.4) is 0 Å². The van der Waals surface area contributed by atoms with Gasteiger partial charge in [-0.25, -0.2) is 4.79 Å². The number of ether oxygens (including phenoxy) is 1. The highest BCUT2D eigenvalue weighted by Crippen LogP contribution is 1.91. The van der Waals surface area contributed by atoms with Gasteiger partial charge in [0.15, 0.2) is 0 Å². The van der Waals surface area contributed by atoms with Gasteiger partial charge in [-0.05, 0) is 12.8 Å². The van der Waals surface area contributed by atoms with Gasteiger partial charge in [0.25, 0.3) is 0 Å². The number of methoxy groups -OCH3 is 1. The van der Waals surface area contributed by atoms with Gasteiger partial charge in [-0.15, -0.1) is 6.58 Å². The van der Waals surface area contributed by atoms with Crippen LogP contribution in [0, 0.1) is 0 Å². The number of carbonyl (C=O) groups excluding carboxylic acids is 1. The van der Waals surface area contributed by atoms with Crippen LogP contribution in [0.25, 0.3) is 0 Å². The molecule has 0 aliphatic carbocycles. The molecule has 0 aliphatic heterocycles. The highest BCUT2D eigenvalue weighted by molar-refractivity contribution is 6.36. The molecule has 0 aromatic rings. The molecule has 0 saturated carbocycles. The van der Waals surface area contributed by atoms with Crippen LogP contribution in [-0.2, 0) is 9.53 Å². The third-order valence-corrected chi connectivity index (χ3v) is 1.39. The summed E-state index contributed by atoms with van der Waals surface area (Å²) in [6.45, 7) is 6.05. The van der Waals surface area contributed by atoms with Gasteiger partial charge in [0.05, 0.1) is 7.11 Å². The SMILES string of the molecule is C=CCCN=C(CC)C(=O)OC. The Morgan fingerprint density at radius 2 is 2.33 bits per heavy atom. The summed E-state index contributed by atoms with van der Waals surface area (Å²) >= 11 is 0. The van der Waals surface area contributed by atoms with Crippen molar-refractivity contribution in [2.45, 2.75) is 19.8 Å². The maximum Gasteiger partial charge on any atom is 0.351 e. The van der Waals surface area contributed by atoms with E-state index in [-0.39, 0.29) is 5.97 Å². The van der Waals surface area contributed by atoms with E-state index in [2.05, 4.69) is 16.3 Å². The van der Waals surface area contributed by atoms with Crippen molar-refractivity contribution in [1.29, 1.82) is 0 Å². The number of nitrogens with zero attached hydrogens (tertiary/aromatic N) is 1.